The van der Waals surface area contributed by atoms with Crippen LogP contribution in [0.5, 0.6) is 5.75 Å². The smallest absolute Gasteiger partial charge is 0.296 e. The number of piperazine rings is 1. The van der Waals surface area contributed by atoms with Crippen molar-refractivity contribution in [3.05, 3.63) is 54.4 Å². The van der Waals surface area contributed by atoms with Crippen LogP contribution in [0.25, 0.3) is 11.3 Å². The Morgan fingerprint density at radius 1 is 1.10 bits per heavy atom. The van der Waals surface area contributed by atoms with E-state index in [-0.39, 0.29) is 17.7 Å². The maximum Gasteiger partial charge on any atom is 0.296 e. The Bertz CT molecular complexity index is 1370. The van der Waals surface area contributed by atoms with Crippen LogP contribution in [-0.2, 0) is 4.74 Å². The Morgan fingerprint density at radius 2 is 1.95 bits per heavy atom. The van der Waals surface area contributed by atoms with Crippen molar-refractivity contribution in [3.63, 3.8) is 0 Å². The standard InChI is InChI=1S/C28H30F2N8O2/c29-28(30)18-32-7-6-25(28)40-24-3-1-19(13-20(24)14-31)23-5-8-33-27(35-23)36-26-4-2-21(15-34-26)37-9-11-38(12-10-37)22-16-39-17-22/h1-5,8,13,15,22,25,32H,6-7,9-12,16-18H2,(H,33,34,35,36). The maximum atomic E-state index is 14.2. The second kappa shape index (κ2) is 11.3. The molecule has 1 atom stereocenters. The number of ether oxygens (including phenoxy) is 2. The Labute approximate surface area is 231 Å². The number of nitriles is 1. The highest BCUT2D eigenvalue weighted by atomic mass is 19.3. The van der Waals surface area contributed by atoms with E-state index < -0.39 is 18.6 Å². The quantitative estimate of drug-likeness (QED) is 0.457. The molecule has 6 rings (SSSR count). The molecule has 2 aromatic heterocycles. The Kier molecular flexibility index (Phi) is 7.42. The zero-order chi connectivity index (χ0) is 27.5. The van der Waals surface area contributed by atoms with Crippen LogP contribution in [0.3, 0.4) is 0 Å². The SMILES string of the molecule is N#Cc1cc(-c2ccnc(Nc3ccc(N4CCN(C5COC5)CC4)cn3)n2)ccc1OC1CCNCC1(F)F. The molecule has 0 aliphatic carbocycles. The lowest BCUT2D eigenvalue weighted by Crippen LogP contribution is -2.56. The van der Waals surface area contributed by atoms with Crippen molar-refractivity contribution < 1.29 is 18.3 Å². The molecule has 12 heteroatoms. The van der Waals surface area contributed by atoms with Crippen molar-refractivity contribution >= 4 is 17.5 Å². The molecular weight excluding hydrogens is 518 g/mol. The highest BCUT2D eigenvalue weighted by molar-refractivity contribution is 5.65. The van der Waals surface area contributed by atoms with Crippen molar-refractivity contribution in [1.29, 1.82) is 5.26 Å². The molecule has 1 aromatic carbocycles. The van der Waals surface area contributed by atoms with Crippen LogP contribution in [0.15, 0.2) is 48.8 Å². The van der Waals surface area contributed by atoms with Gasteiger partial charge in [0, 0.05) is 44.4 Å². The van der Waals surface area contributed by atoms with E-state index in [2.05, 4.69) is 41.5 Å². The van der Waals surface area contributed by atoms with Crippen molar-refractivity contribution in [2.45, 2.75) is 24.5 Å². The van der Waals surface area contributed by atoms with Crippen molar-refractivity contribution in [2.75, 3.05) is 62.7 Å². The second-order valence-electron chi connectivity index (χ2n) is 10.2. The number of alkyl halides is 2. The highest BCUT2D eigenvalue weighted by Crippen LogP contribution is 2.32. The van der Waals surface area contributed by atoms with Gasteiger partial charge in [-0.15, -0.1) is 0 Å². The molecule has 0 spiro atoms. The van der Waals surface area contributed by atoms with Crippen molar-refractivity contribution in [2.24, 2.45) is 0 Å². The molecule has 1 unspecified atom stereocenters. The van der Waals surface area contributed by atoms with Gasteiger partial charge in [0.1, 0.15) is 17.6 Å². The second-order valence-corrected chi connectivity index (χ2v) is 10.2. The summed E-state index contributed by atoms with van der Waals surface area (Å²) in [5.41, 5.74) is 2.44. The molecule has 0 bridgehead atoms. The topological polar surface area (TPSA) is 111 Å². The number of hydrogen-bond donors (Lipinski definition) is 2. The van der Waals surface area contributed by atoms with Gasteiger partial charge < -0.3 is 25.0 Å². The fourth-order valence-electron chi connectivity index (χ4n) is 5.11. The van der Waals surface area contributed by atoms with Gasteiger partial charge in [0.05, 0.1) is 48.9 Å². The summed E-state index contributed by atoms with van der Waals surface area (Å²) in [6.07, 6.45) is 2.32. The first-order valence-electron chi connectivity index (χ1n) is 13.4. The summed E-state index contributed by atoms with van der Waals surface area (Å²) in [5.74, 6) is -1.92. The predicted octanol–water partition coefficient (Wildman–Crippen LogP) is 3.05. The lowest BCUT2D eigenvalue weighted by Gasteiger charge is -2.43. The van der Waals surface area contributed by atoms with Gasteiger partial charge in [-0.3, -0.25) is 4.90 Å². The number of hydrogen-bond acceptors (Lipinski definition) is 10. The van der Waals surface area contributed by atoms with E-state index in [0.717, 1.165) is 45.1 Å². The van der Waals surface area contributed by atoms with Gasteiger partial charge >= 0.3 is 0 Å². The van der Waals surface area contributed by atoms with Crippen LogP contribution in [0.4, 0.5) is 26.2 Å². The molecule has 10 nitrogen and oxygen atoms in total. The Hall–Kier alpha value is -3.92. The molecule has 3 aromatic rings. The Morgan fingerprint density at radius 3 is 2.65 bits per heavy atom. The number of piperidine rings is 1. The number of pyridine rings is 1. The average Bonchev–Trinajstić information content (AvgIpc) is 2.94. The molecule has 3 fully saturated rings. The number of nitrogens with zero attached hydrogens (tertiary/aromatic N) is 6. The van der Waals surface area contributed by atoms with Crippen LogP contribution in [0, 0.1) is 11.3 Å². The van der Waals surface area contributed by atoms with Crippen molar-refractivity contribution in [1.82, 2.24) is 25.2 Å². The molecule has 0 amide bonds. The highest BCUT2D eigenvalue weighted by Gasteiger charge is 2.43. The molecule has 3 aliphatic rings. The van der Waals surface area contributed by atoms with E-state index in [0.29, 0.717) is 35.6 Å². The lowest BCUT2D eigenvalue weighted by atomic mass is 10.0. The first kappa shape index (κ1) is 26.3. The van der Waals surface area contributed by atoms with Crippen LogP contribution >= 0.6 is 0 Å². The minimum absolute atomic E-state index is 0.132. The zero-order valence-corrected chi connectivity index (χ0v) is 21.9. The molecule has 3 saturated heterocycles. The largest absolute Gasteiger partial charge is 0.483 e. The summed E-state index contributed by atoms with van der Waals surface area (Å²) in [6, 6.07) is 13.1. The van der Waals surface area contributed by atoms with E-state index in [4.69, 9.17) is 9.47 Å². The number of halogens is 2. The first-order valence-corrected chi connectivity index (χ1v) is 13.4. The summed E-state index contributed by atoms with van der Waals surface area (Å²) in [5, 5.41) is 15.5. The maximum absolute atomic E-state index is 14.2. The molecule has 3 aliphatic heterocycles. The summed E-state index contributed by atoms with van der Waals surface area (Å²) in [6.45, 7) is 5.59. The molecule has 0 saturated carbocycles. The van der Waals surface area contributed by atoms with Crippen LogP contribution in [0.2, 0.25) is 0 Å². The number of rotatable bonds is 7. The predicted molar refractivity (Wildman–Crippen MR) is 145 cm³/mol. The summed E-state index contributed by atoms with van der Waals surface area (Å²) < 4.78 is 39.3. The van der Waals surface area contributed by atoms with Gasteiger partial charge in [0.25, 0.3) is 5.92 Å². The first-order chi connectivity index (χ1) is 19.5. The van der Waals surface area contributed by atoms with Gasteiger partial charge in [-0.25, -0.2) is 23.7 Å². The number of anilines is 3. The van der Waals surface area contributed by atoms with Crippen LogP contribution < -0.4 is 20.3 Å². The van der Waals surface area contributed by atoms with E-state index in [1.807, 2.05) is 18.3 Å². The number of benzene rings is 1. The third-order valence-corrected chi connectivity index (χ3v) is 7.54. The molecule has 5 heterocycles. The van der Waals surface area contributed by atoms with Crippen molar-refractivity contribution in [3.8, 4) is 23.1 Å². The zero-order valence-electron chi connectivity index (χ0n) is 21.9. The summed E-state index contributed by atoms with van der Waals surface area (Å²) >= 11 is 0. The normalized spacial score (nSPS) is 21.3. The van der Waals surface area contributed by atoms with E-state index in [1.165, 1.54) is 0 Å². The average molecular weight is 549 g/mol. The number of nitrogens with one attached hydrogen (secondary N) is 2. The molecule has 2 N–H and O–H groups in total. The molecule has 0 radical (unpaired) electrons. The van der Waals surface area contributed by atoms with Gasteiger partial charge in [0.15, 0.2) is 6.10 Å². The van der Waals surface area contributed by atoms with Gasteiger partial charge in [-0.1, -0.05) is 0 Å². The van der Waals surface area contributed by atoms with E-state index in [1.54, 1.807) is 30.5 Å². The monoisotopic (exact) mass is 548 g/mol. The third-order valence-electron chi connectivity index (χ3n) is 7.54. The fraction of sp³-hybridized carbons (Fsp3) is 0.429. The summed E-state index contributed by atoms with van der Waals surface area (Å²) in [7, 11) is 0. The van der Waals surface area contributed by atoms with Crippen LogP contribution in [-0.4, -0.2) is 90.4 Å². The fourth-order valence-corrected chi connectivity index (χ4v) is 5.11. The molecule has 208 valence electrons. The summed E-state index contributed by atoms with van der Waals surface area (Å²) in [4.78, 5) is 18.2. The van der Waals surface area contributed by atoms with Gasteiger partial charge in [-0.2, -0.15) is 5.26 Å². The molecule has 40 heavy (non-hydrogen) atoms. The van der Waals surface area contributed by atoms with Crippen LogP contribution in [0.1, 0.15) is 12.0 Å². The van der Waals surface area contributed by atoms with E-state index in [9.17, 15) is 14.0 Å². The molecular formula is C28H30F2N8O2. The third kappa shape index (κ3) is 5.67. The van der Waals surface area contributed by atoms with Gasteiger partial charge in [0.2, 0.25) is 5.95 Å². The lowest BCUT2D eigenvalue weighted by molar-refractivity contribution is -0.109. The number of aromatic nitrogens is 3. The minimum atomic E-state index is -3.01. The van der Waals surface area contributed by atoms with Gasteiger partial charge in [-0.05, 0) is 42.9 Å². The van der Waals surface area contributed by atoms with E-state index >= 15 is 0 Å². The minimum Gasteiger partial charge on any atom is -0.483 e. The Balaban J connectivity index is 1.11.